The fourth-order valence-corrected chi connectivity index (χ4v) is 7.05. The number of carbonyl (C=O) groups is 2. The normalized spacial score (nSPS) is 12.4. The van der Waals surface area contributed by atoms with Crippen LogP contribution in [-0.2, 0) is 23.8 Å². The average Bonchev–Trinajstić information content (AvgIpc) is 3.20. The minimum absolute atomic E-state index is 0.0816. The fourth-order valence-electron chi connectivity index (χ4n) is 7.05. The summed E-state index contributed by atoms with van der Waals surface area (Å²) in [5.74, 6) is -0.407. The van der Waals surface area contributed by atoms with Crippen molar-refractivity contribution in [1.29, 1.82) is 0 Å². The number of carbonyl (C=O) groups excluding carboxylic acids is 2. The van der Waals surface area contributed by atoms with Gasteiger partial charge in [0, 0.05) is 19.4 Å². The van der Waals surface area contributed by atoms with Gasteiger partial charge in [0.25, 0.3) is 0 Å². The molecule has 0 aliphatic rings. The Labute approximate surface area is 349 Å². The van der Waals surface area contributed by atoms with Gasteiger partial charge in [-0.3, -0.25) is 9.59 Å². The molecule has 0 aliphatic carbocycles. The Kier molecular flexibility index (Phi) is 45.9. The fraction of sp³-hybridized carbons (Fsp3) is 0.843. The van der Waals surface area contributed by atoms with Crippen molar-refractivity contribution in [3.8, 4) is 0 Å². The van der Waals surface area contributed by atoms with Crippen LogP contribution in [0.4, 0.5) is 0 Å². The third-order valence-corrected chi connectivity index (χ3v) is 10.7. The van der Waals surface area contributed by atoms with Crippen LogP contribution < -0.4 is 0 Å². The molecule has 0 aromatic heterocycles. The van der Waals surface area contributed by atoms with E-state index in [-0.39, 0.29) is 25.2 Å². The van der Waals surface area contributed by atoms with Gasteiger partial charge < -0.3 is 14.2 Å². The lowest BCUT2D eigenvalue weighted by Crippen LogP contribution is -2.30. The predicted molar refractivity (Wildman–Crippen MR) is 242 cm³/mol. The van der Waals surface area contributed by atoms with Gasteiger partial charge in [-0.1, -0.05) is 224 Å². The highest BCUT2D eigenvalue weighted by molar-refractivity contribution is 5.70. The summed E-state index contributed by atoms with van der Waals surface area (Å²) in [5, 5.41) is 0. The Morgan fingerprint density at radius 3 is 1.29 bits per heavy atom. The highest BCUT2D eigenvalue weighted by Crippen LogP contribution is 2.15. The number of hydrogen-bond acceptors (Lipinski definition) is 5. The molecule has 328 valence electrons. The first-order valence-electron chi connectivity index (χ1n) is 24.5. The molecule has 0 bridgehead atoms. The first kappa shape index (κ1) is 54.1. The smallest absolute Gasteiger partial charge is 0.306 e. The summed E-state index contributed by atoms with van der Waals surface area (Å²) >= 11 is 0. The molecule has 56 heavy (non-hydrogen) atoms. The summed E-state index contributed by atoms with van der Waals surface area (Å²) in [6, 6.07) is 0. The molecule has 0 saturated heterocycles. The van der Waals surface area contributed by atoms with Crippen LogP contribution in [0.25, 0.3) is 0 Å². The lowest BCUT2D eigenvalue weighted by atomic mass is 10.0. The molecule has 0 saturated carbocycles. The van der Waals surface area contributed by atoms with E-state index in [1.54, 1.807) is 0 Å². The van der Waals surface area contributed by atoms with Crippen molar-refractivity contribution >= 4 is 11.9 Å². The van der Waals surface area contributed by atoms with E-state index in [0.717, 1.165) is 64.2 Å². The van der Waals surface area contributed by atoms with Crippen molar-refractivity contribution in [1.82, 2.24) is 0 Å². The van der Waals surface area contributed by atoms with Crippen LogP contribution in [0.5, 0.6) is 0 Å². The number of ether oxygens (including phenoxy) is 3. The lowest BCUT2D eigenvalue weighted by molar-refractivity contribution is -0.163. The number of unbranched alkanes of at least 4 members (excludes halogenated alkanes) is 28. The summed E-state index contributed by atoms with van der Waals surface area (Å²) in [4.78, 5) is 25.2. The van der Waals surface area contributed by atoms with E-state index in [1.807, 2.05) is 0 Å². The molecule has 1 atom stereocenters. The van der Waals surface area contributed by atoms with Crippen molar-refractivity contribution in [2.24, 2.45) is 0 Å². The van der Waals surface area contributed by atoms with Gasteiger partial charge in [-0.25, -0.2) is 0 Å². The monoisotopic (exact) mass is 787 g/mol. The van der Waals surface area contributed by atoms with E-state index in [1.165, 1.54) is 154 Å². The Balaban J connectivity index is 4.19. The summed E-state index contributed by atoms with van der Waals surface area (Å²) < 4.78 is 17.3. The quantitative estimate of drug-likeness (QED) is 0.0349. The van der Waals surface area contributed by atoms with Crippen LogP contribution in [0.3, 0.4) is 0 Å². The van der Waals surface area contributed by atoms with Crippen LogP contribution >= 0.6 is 0 Å². The molecule has 0 rings (SSSR count). The van der Waals surface area contributed by atoms with Crippen LogP contribution in [-0.4, -0.2) is 37.9 Å². The third kappa shape index (κ3) is 44.8. The van der Waals surface area contributed by atoms with Crippen molar-refractivity contribution in [2.45, 2.75) is 258 Å². The highest BCUT2D eigenvalue weighted by atomic mass is 16.6. The number of esters is 2. The second kappa shape index (κ2) is 47.5. The molecule has 5 heteroatoms. The second-order valence-corrected chi connectivity index (χ2v) is 16.4. The molecule has 0 amide bonds. The first-order chi connectivity index (χ1) is 27.6. The van der Waals surface area contributed by atoms with Gasteiger partial charge in [0.05, 0.1) is 6.61 Å². The molecular weight excluding hydrogens is 693 g/mol. The van der Waals surface area contributed by atoms with Crippen molar-refractivity contribution in [3.63, 3.8) is 0 Å². The standard InChI is InChI=1S/C51H94O5/c1-4-7-10-13-16-19-21-23-25-27-29-31-34-37-40-43-46-54-47-49(56-51(53)45-42-39-36-32-18-15-12-9-6-3)48-55-50(52)44-41-38-35-33-30-28-26-24-22-20-17-14-11-8-5-2/h8,11,17,20,24,26,49H,4-7,9-10,12-16,18-19,21-23,25,27-48H2,1-3H3/b11-8-,20-17-,26-24-. The van der Waals surface area contributed by atoms with Gasteiger partial charge in [0.2, 0.25) is 0 Å². The Morgan fingerprint density at radius 1 is 0.411 bits per heavy atom. The zero-order valence-electron chi connectivity index (χ0n) is 37.7. The van der Waals surface area contributed by atoms with Gasteiger partial charge in [-0.05, 0) is 51.4 Å². The highest BCUT2D eigenvalue weighted by Gasteiger charge is 2.17. The van der Waals surface area contributed by atoms with E-state index >= 15 is 0 Å². The van der Waals surface area contributed by atoms with Gasteiger partial charge in [-0.15, -0.1) is 0 Å². The van der Waals surface area contributed by atoms with E-state index in [0.29, 0.717) is 19.4 Å². The van der Waals surface area contributed by atoms with Crippen molar-refractivity contribution < 1.29 is 23.8 Å². The molecule has 1 unspecified atom stereocenters. The van der Waals surface area contributed by atoms with Crippen molar-refractivity contribution in [3.05, 3.63) is 36.5 Å². The maximum atomic E-state index is 12.7. The van der Waals surface area contributed by atoms with Crippen LogP contribution in [0.1, 0.15) is 252 Å². The van der Waals surface area contributed by atoms with E-state index in [4.69, 9.17) is 14.2 Å². The molecule has 0 aliphatic heterocycles. The minimum atomic E-state index is -0.535. The first-order valence-corrected chi connectivity index (χ1v) is 24.5. The summed E-state index contributed by atoms with van der Waals surface area (Å²) in [6.45, 7) is 7.72. The Bertz CT molecular complexity index is 893. The van der Waals surface area contributed by atoms with Crippen LogP contribution in [0.2, 0.25) is 0 Å². The average molecular weight is 787 g/mol. The Morgan fingerprint density at radius 2 is 0.804 bits per heavy atom. The van der Waals surface area contributed by atoms with Gasteiger partial charge >= 0.3 is 11.9 Å². The number of hydrogen-bond donors (Lipinski definition) is 0. The molecule has 0 spiro atoms. The molecule has 0 aromatic carbocycles. The summed E-state index contributed by atoms with van der Waals surface area (Å²) in [7, 11) is 0. The zero-order valence-corrected chi connectivity index (χ0v) is 37.7. The lowest BCUT2D eigenvalue weighted by Gasteiger charge is -2.18. The minimum Gasteiger partial charge on any atom is -0.462 e. The molecule has 0 N–H and O–H groups in total. The Hall–Kier alpha value is -1.88. The number of allylic oxidation sites excluding steroid dienone is 6. The number of rotatable bonds is 45. The maximum Gasteiger partial charge on any atom is 0.306 e. The largest absolute Gasteiger partial charge is 0.462 e. The predicted octanol–water partition coefficient (Wildman–Crippen LogP) is 16.2. The van der Waals surface area contributed by atoms with Gasteiger partial charge in [0.1, 0.15) is 6.61 Å². The topological polar surface area (TPSA) is 61.8 Å². The van der Waals surface area contributed by atoms with Crippen LogP contribution in [0, 0.1) is 0 Å². The van der Waals surface area contributed by atoms with Gasteiger partial charge in [0.15, 0.2) is 6.10 Å². The van der Waals surface area contributed by atoms with Gasteiger partial charge in [-0.2, -0.15) is 0 Å². The second-order valence-electron chi connectivity index (χ2n) is 16.4. The van der Waals surface area contributed by atoms with E-state index in [9.17, 15) is 9.59 Å². The SMILES string of the molecule is CC/C=C\C/C=C\C/C=C\CCCCCCCC(=O)OCC(COCCCCCCCCCCCCCCCCCC)OC(=O)CCCCCCCCCCC. The molecule has 0 heterocycles. The molecule has 0 fully saturated rings. The maximum absolute atomic E-state index is 12.7. The van der Waals surface area contributed by atoms with E-state index in [2.05, 4.69) is 57.2 Å². The molecular formula is C51H94O5. The summed E-state index contributed by atoms with van der Waals surface area (Å²) in [5.41, 5.74) is 0. The molecule has 0 radical (unpaired) electrons. The summed E-state index contributed by atoms with van der Waals surface area (Å²) in [6.07, 6.45) is 55.8. The van der Waals surface area contributed by atoms with Crippen molar-refractivity contribution in [2.75, 3.05) is 19.8 Å². The molecule has 0 aromatic rings. The van der Waals surface area contributed by atoms with Crippen LogP contribution in [0.15, 0.2) is 36.5 Å². The third-order valence-electron chi connectivity index (χ3n) is 10.7. The zero-order chi connectivity index (χ0) is 40.7. The molecule has 5 nitrogen and oxygen atoms in total. The van der Waals surface area contributed by atoms with E-state index < -0.39 is 6.10 Å².